The number of rotatable bonds is 6. The van der Waals surface area contributed by atoms with E-state index in [1.807, 2.05) is 0 Å². The topological polar surface area (TPSA) is 38.1 Å². The lowest BCUT2D eigenvalue weighted by atomic mass is 10.1. The Balaban J connectivity index is 1.59. The van der Waals surface area contributed by atoms with Crippen LogP contribution in [0.15, 0.2) is 54.9 Å². The fourth-order valence-electron chi connectivity index (χ4n) is 3.18. The first-order chi connectivity index (χ1) is 13.5. The summed E-state index contributed by atoms with van der Waals surface area (Å²) in [6, 6.07) is 10.6. The Morgan fingerprint density at radius 2 is 1.89 bits per heavy atom. The van der Waals surface area contributed by atoms with Gasteiger partial charge in [0.25, 0.3) is 5.91 Å². The Labute approximate surface area is 166 Å². The molecule has 1 aliphatic rings. The lowest BCUT2D eigenvalue weighted by molar-refractivity contribution is 0.0719. The van der Waals surface area contributed by atoms with Gasteiger partial charge in [0, 0.05) is 29.0 Å². The predicted molar refractivity (Wildman–Crippen MR) is 102 cm³/mol. The SMILES string of the molecule is O=C(c1ccccc1F)N(Cc1nccn1Cc1c(F)cccc1Cl)C1CC1. The zero-order valence-electron chi connectivity index (χ0n) is 15.0. The molecule has 1 heterocycles. The highest BCUT2D eigenvalue weighted by molar-refractivity contribution is 6.31. The summed E-state index contributed by atoms with van der Waals surface area (Å²) in [4.78, 5) is 18.9. The molecule has 0 saturated heterocycles. The van der Waals surface area contributed by atoms with Crippen LogP contribution in [0.4, 0.5) is 8.78 Å². The zero-order chi connectivity index (χ0) is 19.7. The highest BCUT2D eigenvalue weighted by atomic mass is 35.5. The molecular weight excluding hydrogens is 384 g/mol. The maximum absolute atomic E-state index is 14.1. The van der Waals surface area contributed by atoms with E-state index >= 15 is 0 Å². The first-order valence-corrected chi connectivity index (χ1v) is 9.41. The molecule has 0 unspecified atom stereocenters. The summed E-state index contributed by atoms with van der Waals surface area (Å²) in [5.74, 6) is -0.705. The lowest BCUT2D eigenvalue weighted by Crippen LogP contribution is -2.34. The molecule has 144 valence electrons. The summed E-state index contributed by atoms with van der Waals surface area (Å²) in [6.45, 7) is 0.421. The Kier molecular flexibility index (Phi) is 5.13. The van der Waals surface area contributed by atoms with E-state index < -0.39 is 11.6 Å². The third kappa shape index (κ3) is 3.78. The summed E-state index contributed by atoms with van der Waals surface area (Å²) in [6.07, 6.45) is 5.07. The van der Waals surface area contributed by atoms with E-state index in [1.54, 1.807) is 46.1 Å². The van der Waals surface area contributed by atoms with Gasteiger partial charge in [-0.1, -0.05) is 29.8 Å². The van der Waals surface area contributed by atoms with E-state index in [1.165, 1.54) is 18.2 Å². The van der Waals surface area contributed by atoms with Crippen molar-refractivity contribution in [3.63, 3.8) is 0 Å². The van der Waals surface area contributed by atoms with E-state index in [-0.39, 0.29) is 30.6 Å². The van der Waals surface area contributed by atoms with Crippen LogP contribution in [0.5, 0.6) is 0 Å². The fraction of sp³-hybridized carbons (Fsp3) is 0.238. The summed E-state index contributed by atoms with van der Waals surface area (Å²) < 4.78 is 30.0. The molecule has 1 amide bonds. The lowest BCUT2D eigenvalue weighted by Gasteiger charge is -2.23. The minimum Gasteiger partial charge on any atom is -0.329 e. The molecule has 4 rings (SSSR count). The summed E-state index contributed by atoms with van der Waals surface area (Å²) in [7, 11) is 0. The molecule has 0 aliphatic heterocycles. The number of imidazole rings is 1. The van der Waals surface area contributed by atoms with Crippen LogP contribution in [-0.2, 0) is 13.1 Å². The van der Waals surface area contributed by atoms with Crippen molar-refractivity contribution >= 4 is 17.5 Å². The fourth-order valence-corrected chi connectivity index (χ4v) is 3.41. The first-order valence-electron chi connectivity index (χ1n) is 9.03. The number of carbonyl (C=O) groups is 1. The van der Waals surface area contributed by atoms with Crippen molar-refractivity contribution in [3.05, 3.63) is 88.5 Å². The minimum absolute atomic E-state index is 0.0460. The van der Waals surface area contributed by atoms with Crippen LogP contribution >= 0.6 is 11.6 Å². The molecule has 0 radical (unpaired) electrons. The standard InChI is InChI=1S/C21H18ClF2N3O/c22-17-5-3-7-19(24)16(17)12-26-11-10-25-20(26)13-27(14-8-9-14)21(28)15-4-1-2-6-18(15)23/h1-7,10-11,14H,8-9,12-13H2. The summed E-state index contributed by atoms with van der Waals surface area (Å²) in [5, 5.41) is 0.334. The molecule has 0 bridgehead atoms. The van der Waals surface area contributed by atoms with Crippen LogP contribution in [0.2, 0.25) is 5.02 Å². The van der Waals surface area contributed by atoms with E-state index in [0.29, 0.717) is 16.4 Å². The van der Waals surface area contributed by atoms with Crippen molar-refractivity contribution in [2.45, 2.75) is 32.0 Å². The molecule has 0 spiro atoms. The average molecular weight is 402 g/mol. The molecule has 1 aromatic heterocycles. The minimum atomic E-state index is -0.542. The second kappa shape index (κ2) is 7.72. The normalized spacial score (nSPS) is 13.5. The van der Waals surface area contributed by atoms with Crippen LogP contribution in [0.1, 0.15) is 34.6 Å². The van der Waals surface area contributed by atoms with Gasteiger partial charge in [-0.3, -0.25) is 4.79 Å². The smallest absolute Gasteiger partial charge is 0.257 e. The van der Waals surface area contributed by atoms with Gasteiger partial charge < -0.3 is 9.47 Å². The third-order valence-electron chi connectivity index (χ3n) is 4.86. The van der Waals surface area contributed by atoms with E-state index in [0.717, 1.165) is 12.8 Å². The van der Waals surface area contributed by atoms with Gasteiger partial charge in [0.2, 0.25) is 0 Å². The van der Waals surface area contributed by atoms with Gasteiger partial charge in [-0.25, -0.2) is 13.8 Å². The Morgan fingerprint density at radius 3 is 2.61 bits per heavy atom. The van der Waals surface area contributed by atoms with Crippen molar-refractivity contribution in [1.82, 2.24) is 14.5 Å². The molecule has 0 N–H and O–H groups in total. The van der Waals surface area contributed by atoms with Crippen LogP contribution in [0, 0.1) is 11.6 Å². The first kappa shape index (κ1) is 18.6. The molecule has 1 fully saturated rings. The third-order valence-corrected chi connectivity index (χ3v) is 5.21. The van der Waals surface area contributed by atoms with Crippen LogP contribution in [-0.4, -0.2) is 26.4 Å². The van der Waals surface area contributed by atoms with E-state index in [2.05, 4.69) is 4.98 Å². The van der Waals surface area contributed by atoms with Gasteiger partial charge in [0.05, 0.1) is 18.7 Å². The van der Waals surface area contributed by atoms with Crippen molar-refractivity contribution in [2.75, 3.05) is 0 Å². The highest BCUT2D eigenvalue weighted by Gasteiger charge is 2.34. The number of benzene rings is 2. The number of hydrogen-bond acceptors (Lipinski definition) is 2. The second-order valence-electron chi connectivity index (χ2n) is 6.82. The van der Waals surface area contributed by atoms with Gasteiger partial charge in [-0.05, 0) is 37.1 Å². The predicted octanol–water partition coefficient (Wildman–Crippen LogP) is 4.67. The number of aromatic nitrogens is 2. The monoisotopic (exact) mass is 401 g/mol. The van der Waals surface area contributed by atoms with Gasteiger partial charge in [-0.15, -0.1) is 0 Å². The number of halogens is 3. The molecule has 7 heteroatoms. The Morgan fingerprint density at radius 1 is 1.14 bits per heavy atom. The van der Waals surface area contributed by atoms with Crippen LogP contribution in [0.25, 0.3) is 0 Å². The summed E-state index contributed by atoms with van der Waals surface area (Å²) in [5.41, 5.74) is 0.409. The molecule has 1 aliphatic carbocycles. The van der Waals surface area contributed by atoms with Gasteiger partial charge in [-0.2, -0.15) is 0 Å². The van der Waals surface area contributed by atoms with Gasteiger partial charge in [0.1, 0.15) is 17.5 Å². The molecule has 28 heavy (non-hydrogen) atoms. The number of amides is 1. The van der Waals surface area contributed by atoms with Crippen LogP contribution in [0.3, 0.4) is 0 Å². The average Bonchev–Trinajstić information content (AvgIpc) is 3.43. The molecule has 3 aromatic rings. The van der Waals surface area contributed by atoms with Gasteiger partial charge >= 0.3 is 0 Å². The maximum Gasteiger partial charge on any atom is 0.257 e. The molecule has 4 nitrogen and oxygen atoms in total. The van der Waals surface area contributed by atoms with Crippen molar-refractivity contribution < 1.29 is 13.6 Å². The number of carbonyl (C=O) groups excluding carboxylic acids is 1. The number of hydrogen-bond donors (Lipinski definition) is 0. The molecule has 0 atom stereocenters. The maximum atomic E-state index is 14.1. The quantitative estimate of drug-likeness (QED) is 0.602. The van der Waals surface area contributed by atoms with Crippen molar-refractivity contribution in [1.29, 1.82) is 0 Å². The van der Waals surface area contributed by atoms with E-state index in [4.69, 9.17) is 11.6 Å². The largest absolute Gasteiger partial charge is 0.329 e. The van der Waals surface area contributed by atoms with E-state index in [9.17, 15) is 13.6 Å². The molecule has 2 aromatic carbocycles. The highest BCUT2D eigenvalue weighted by Crippen LogP contribution is 2.30. The molecule has 1 saturated carbocycles. The zero-order valence-corrected chi connectivity index (χ0v) is 15.7. The second-order valence-corrected chi connectivity index (χ2v) is 7.22. The summed E-state index contributed by atoms with van der Waals surface area (Å²) >= 11 is 6.13. The van der Waals surface area contributed by atoms with Crippen LogP contribution < -0.4 is 0 Å². The van der Waals surface area contributed by atoms with Crippen molar-refractivity contribution in [3.8, 4) is 0 Å². The Hall–Kier alpha value is -2.73. The van der Waals surface area contributed by atoms with Gasteiger partial charge in [0.15, 0.2) is 0 Å². The Bertz CT molecular complexity index is 996. The molecular formula is C21H18ClF2N3O. The number of nitrogens with zero attached hydrogens (tertiary/aromatic N) is 3. The van der Waals surface area contributed by atoms with Crippen molar-refractivity contribution in [2.24, 2.45) is 0 Å².